The molecule has 1 aliphatic heterocycles. The highest BCUT2D eigenvalue weighted by molar-refractivity contribution is 7.89. The Kier molecular flexibility index (Phi) is 4.77. The first-order valence-corrected chi connectivity index (χ1v) is 9.67. The summed E-state index contributed by atoms with van der Waals surface area (Å²) in [6.07, 6.45) is 2.86. The average molecular weight is 334 g/mol. The molecule has 0 radical (unpaired) electrons. The molecule has 7 heteroatoms. The van der Waals surface area contributed by atoms with Gasteiger partial charge in [0.15, 0.2) is 0 Å². The summed E-state index contributed by atoms with van der Waals surface area (Å²) in [7, 11) is -3.19. The number of hydrogen-bond acceptors (Lipinski definition) is 4. The number of benzene rings is 1. The van der Waals surface area contributed by atoms with E-state index in [1.807, 2.05) is 25.1 Å². The van der Waals surface area contributed by atoms with Gasteiger partial charge in [0.05, 0.1) is 5.75 Å². The van der Waals surface area contributed by atoms with E-state index in [2.05, 4.69) is 31.6 Å². The number of rotatable bonds is 6. The summed E-state index contributed by atoms with van der Waals surface area (Å²) in [5, 5.41) is 8.55. The molecule has 3 rings (SSSR count). The molecule has 1 unspecified atom stereocenters. The van der Waals surface area contributed by atoms with Gasteiger partial charge in [-0.25, -0.2) is 13.1 Å². The minimum absolute atomic E-state index is 0.0791. The van der Waals surface area contributed by atoms with Crippen LogP contribution < -0.4 is 4.72 Å². The monoisotopic (exact) mass is 334 g/mol. The summed E-state index contributed by atoms with van der Waals surface area (Å²) in [5.74, 6) is 2.02. The zero-order valence-corrected chi connectivity index (χ0v) is 14.1. The van der Waals surface area contributed by atoms with Crippen LogP contribution >= 0.6 is 0 Å². The van der Waals surface area contributed by atoms with Crippen LogP contribution in [0.4, 0.5) is 0 Å². The van der Waals surface area contributed by atoms with Crippen molar-refractivity contribution in [1.29, 1.82) is 0 Å². The number of sulfonamides is 1. The molecule has 1 N–H and O–H groups in total. The van der Waals surface area contributed by atoms with Crippen LogP contribution in [0.25, 0.3) is 0 Å². The van der Waals surface area contributed by atoms with Gasteiger partial charge in [-0.05, 0) is 18.4 Å². The van der Waals surface area contributed by atoms with Crippen molar-refractivity contribution in [1.82, 2.24) is 19.5 Å². The Morgan fingerprint density at radius 1 is 1.26 bits per heavy atom. The fraction of sp³-hybridized carbons (Fsp3) is 0.500. The number of nitrogens with zero attached hydrogens (tertiary/aromatic N) is 3. The molecule has 2 heterocycles. The maximum atomic E-state index is 12.0. The van der Waals surface area contributed by atoms with Gasteiger partial charge in [-0.15, -0.1) is 10.2 Å². The first-order chi connectivity index (χ1) is 11.1. The average Bonchev–Trinajstić information content (AvgIpc) is 2.90. The van der Waals surface area contributed by atoms with Crippen LogP contribution in [0, 0.1) is 0 Å². The SMILES string of the molecule is CCCS(=O)(=O)NC1CCc2nnc(Cc3ccccc3)n2C1. The molecule has 1 aromatic heterocycles. The van der Waals surface area contributed by atoms with E-state index in [0.717, 1.165) is 24.5 Å². The summed E-state index contributed by atoms with van der Waals surface area (Å²) >= 11 is 0. The summed E-state index contributed by atoms with van der Waals surface area (Å²) in [4.78, 5) is 0. The van der Waals surface area contributed by atoms with Crippen LogP contribution in [0.15, 0.2) is 30.3 Å². The zero-order chi connectivity index (χ0) is 16.3. The Hall–Kier alpha value is -1.73. The van der Waals surface area contributed by atoms with Gasteiger partial charge in [-0.1, -0.05) is 37.3 Å². The van der Waals surface area contributed by atoms with Gasteiger partial charge >= 0.3 is 0 Å². The maximum absolute atomic E-state index is 12.0. The Bertz CT molecular complexity index is 756. The Morgan fingerprint density at radius 2 is 2.04 bits per heavy atom. The molecule has 2 aromatic rings. The largest absolute Gasteiger partial charge is 0.313 e. The van der Waals surface area contributed by atoms with E-state index in [4.69, 9.17) is 0 Å². The zero-order valence-electron chi connectivity index (χ0n) is 13.3. The lowest BCUT2D eigenvalue weighted by atomic mass is 10.1. The van der Waals surface area contributed by atoms with E-state index in [1.165, 1.54) is 5.56 Å². The topological polar surface area (TPSA) is 76.9 Å². The molecule has 1 atom stereocenters. The normalized spacial score (nSPS) is 17.9. The molecule has 1 aromatic carbocycles. The highest BCUT2D eigenvalue weighted by Crippen LogP contribution is 2.18. The third-order valence-electron chi connectivity index (χ3n) is 4.05. The predicted octanol–water partition coefficient (Wildman–Crippen LogP) is 1.51. The van der Waals surface area contributed by atoms with Gasteiger partial charge in [-0.3, -0.25) is 0 Å². The van der Waals surface area contributed by atoms with Crippen LogP contribution in [-0.4, -0.2) is 35.0 Å². The lowest BCUT2D eigenvalue weighted by Gasteiger charge is -2.25. The fourth-order valence-electron chi connectivity index (χ4n) is 2.97. The predicted molar refractivity (Wildman–Crippen MR) is 88.6 cm³/mol. The van der Waals surface area contributed by atoms with Crippen LogP contribution in [-0.2, 0) is 29.4 Å². The molecular weight excluding hydrogens is 312 g/mol. The van der Waals surface area contributed by atoms with Gasteiger partial charge in [0.1, 0.15) is 11.6 Å². The van der Waals surface area contributed by atoms with Crippen molar-refractivity contribution in [2.24, 2.45) is 0 Å². The minimum Gasteiger partial charge on any atom is -0.313 e. The standard InChI is InChI=1S/C16H22N4O2S/c1-2-10-23(21,22)19-14-8-9-15-17-18-16(20(15)12-14)11-13-6-4-3-5-7-13/h3-7,14,19H,2,8-12H2,1H3. The highest BCUT2D eigenvalue weighted by atomic mass is 32.2. The molecule has 0 spiro atoms. The molecule has 6 nitrogen and oxygen atoms in total. The summed E-state index contributed by atoms with van der Waals surface area (Å²) < 4.78 is 28.8. The van der Waals surface area contributed by atoms with E-state index >= 15 is 0 Å². The second-order valence-corrected chi connectivity index (χ2v) is 7.85. The molecule has 0 amide bonds. The quantitative estimate of drug-likeness (QED) is 0.869. The van der Waals surface area contributed by atoms with Crippen molar-refractivity contribution >= 4 is 10.0 Å². The maximum Gasteiger partial charge on any atom is 0.211 e. The van der Waals surface area contributed by atoms with Crippen LogP contribution in [0.2, 0.25) is 0 Å². The second-order valence-electron chi connectivity index (χ2n) is 5.98. The second kappa shape index (κ2) is 6.80. The number of aromatic nitrogens is 3. The van der Waals surface area contributed by atoms with Crippen molar-refractivity contribution < 1.29 is 8.42 Å². The van der Waals surface area contributed by atoms with E-state index in [9.17, 15) is 8.42 Å². The first-order valence-electron chi connectivity index (χ1n) is 8.02. The van der Waals surface area contributed by atoms with Gasteiger partial charge in [0.25, 0.3) is 0 Å². The molecule has 0 saturated heterocycles. The van der Waals surface area contributed by atoms with E-state index in [-0.39, 0.29) is 11.8 Å². The molecule has 0 fully saturated rings. The summed E-state index contributed by atoms with van der Waals surface area (Å²) in [5.41, 5.74) is 1.18. The smallest absolute Gasteiger partial charge is 0.211 e. The first kappa shape index (κ1) is 16.1. The molecule has 0 bridgehead atoms. The van der Waals surface area contributed by atoms with Gasteiger partial charge in [0.2, 0.25) is 10.0 Å². The van der Waals surface area contributed by atoms with Crippen LogP contribution in [0.3, 0.4) is 0 Å². The van der Waals surface area contributed by atoms with Gasteiger partial charge in [0, 0.05) is 25.4 Å². The van der Waals surface area contributed by atoms with Crippen molar-refractivity contribution in [3.63, 3.8) is 0 Å². The number of aryl methyl sites for hydroxylation is 1. The van der Waals surface area contributed by atoms with Gasteiger partial charge < -0.3 is 4.57 Å². The Balaban J connectivity index is 1.74. The minimum atomic E-state index is -3.19. The molecule has 0 aliphatic carbocycles. The van der Waals surface area contributed by atoms with Crippen molar-refractivity contribution in [2.75, 3.05) is 5.75 Å². The van der Waals surface area contributed by atoms with Crippen molar-refractivity contribution in [3.8, 4) is 0 Å². The van der Waals surface area contributed by atoms with Crippen LogP contribution in [0.5, 0.6) is 0 Å². The molecule has 1 aliphatic rings. The Labute approximate surface area is 137 Å². The number of nitrogens with one attached hydrogen (secondary N) is 1. The fourth-order valence-corrected chi connectivity index (χ4v) is 4.33. The van der Waals surface area contributed by atoms with Crippen molar-refractivity contribution in [3.05, 3.63) is 47.5 Å². The van der Waals surface area contributed by atoms with E-state index < -0.39 is 10.0 Å². The van der Waals surface area contributed by atoms with Crippen LogP contribution in [0.1, 0.15) is 37.0 Å². The van der Waals surface area contributed by atoms with E-state index in [0.29, 0.717) is 19.4 Å². The van der Waals surface area contributed by atoms with Crippen molar-refractivity contribution in [2.45, 2.75) is 45.2 Å². The lowest BCUT2D eigenvalue weighted by Crippen LogP contribution is -2.42. The lowest BCUT2D eigenvalue weighted by molar-refractivity contribution is 0.414. The number of fused-ring (bicyclic) bond motifs is 1. The molecule has 23 heavy (non-hydrogen) atoms. The Morgan fingerprint density at radius 3 is 2.78 bits per heavy atom. The molecular formula is C16H22N4O2S. The highest BCUT2D eigenvalue weighted by Gasteiger charge is 2.25. The third kappa shape index (κ3) is 3.97. The third-order valence-corrected chi connectivity index (χ3v) is 5.69. The molecule has 0 saturated carbocycles. The summed E-state index contributed by atoms with van der Waals surface area (Å²) in [6, 6.07) is 10.0. The number of hydrogen-bond donors (Lipinski definition) is 1. The van der Waals surface area contributed by atoms with E-state index in [1.54, 1.807) is 0 Å². The molecule has 124 valence electrons. The van der Waals surface area contributed by atoms with Gasteiger partial charge in [-0.2, -0.15) is 0 Å². The summed E-state index contributed by atoms with van der Waals surface area (Å²) in [6.45, 7) is 2.48.